The van der Waals surface area contributed by atoms with Crippen molar-refractivity contribution in [3.05, 3.63) is 45.2 Å². The standard InChI is InChI=1S/C20H17F4N5O5S/c1-9(28-5-3-19(21,22)14(8-28)29-4-2-15(30)26-18(29)32)16(31)27-17-25-10-6-11-12(7-13(10)35-17)34-20(23,24)33-11/h2,4,6-7,9,14H,3,5,8H2,1H3,(H,25,27,31)(H,26,30,32)/t9-,14-/m0/s1. The van der Waals surface area contributed by atoms with Gasteiger partial charge in [-0.05, 0) is 6.92 Å². The molecule has 10 nitrogen and oxygen atoms in total. The molecule has 1 saturated heterocycles. The Kier molecular flexibility index (Phi) is 5.36. The van der Waals surface area contributed by atoms with Gasteiger partial charge in [0, 0.05) is 43.9 Å². The number of nitrogens with one attached hydrogen (secondary N) is 2. The number of H-pyrrole nitrogens is 1. The summed E-state index contributed by atoms with van der Waals surface area (Å²) in [5.41, 5.74) is -1.37. The summed E-state index contributed by atoms with van der Waals surface area (Å²) in [5.74, 6) is -4.11. The van der Waals surface area contributed by atoms with Crippen LogP contribution in [0.15, 0.2) is 34.0 Å². The van der Waals surface area contributed by atoms with Crippen LogP contribution in [0.4, 0.5) is 22.7 Å². The maximum atomic E-state index is 14.6. The van der Waals surface area contributed by atoms with E-state index in [0.29, 0.717) is 10.2 Å². The second-order valence-corrected chi connectivity index (χ2v) is 9.19. The Balaban J connectivity index is 1.32. The van der Waals surface area contributed by atoms with E-state index in [9.17, 15) is 31.9 Å². The Morgan fingerprint density at radius 2 is 1.97 bits per heavy atom. The van der Waals surface area contributed by atoms with E-state index < -0.39 is 47.9 Å². The van der Waals surface area contributed by atoms with Crippen LogP contribution >= 0.6 is 11.3 Å². The van der Waals surface area contributed by atoms with E-state index in [1.54, 1.807) is 0 Å². The fourth-order valence-corrected chi connectivity index (χ4v) is 4.90. The number of hydrogen-bond donors (Lipinski definition) is 2. The molecule has 0 radical (unpaired) electrons. The van der Waals surface area contributed by atoms with Gasteiger partial charge in [-0.15, -0.1) is 8.78 Å². The zero-order valence-corrected chi connectivity index (χ0v) is 18.7. The maximum absolute atomic E-state index is 14.6. The third kappa shape index (κ3) is 4.36. The summed E-state index contributed by atoms with van der Waals surface area (Å²) >= 11 is 1.02. The Morgan fingerprint density at radius 1 is 1.26 bits per heavy atom. The number of aromatic amines is 1. The molecular weight excluding hydrogens is 498 g/mol. The van der Waals surface area contributed by atoms with Crippen molar-refractivity contribution in [3.63, 3.8) is 0 Å². The highest BCUT2D eigenvalue weighted by atomic mass is 32.1. The molecule has 15 heteroatoms. The lowest BCUT2D eigenvalue weighted by atomic mass is 9.99. The number of nitrogens with zero attached hydrogens (tertiary/aromatic N) is 3. The van der Waals surface area contributed by atoms with E-state index in [1.807, 2.05) is 4.98 Å². The van der Waals surface area contributed by atoms with E-state index in [4.69, 9.17) is 0 Å². The van der Waals surface area contributed by atoms with Gasteiger partial charge in [0.15, 0.2) is 16.6 Å². The first-order valence-electron chi connectivity index (χ1n) is 10.4. The molecule has 1 amide bonds. The zero-order valence-electron chi connectivity index (χ0n) is 17.9. The normalized spacial score (nSPS) is 21.7. The molecule has 186 valence electrons. The molecule has 2 aliphatic rings. The molecule has 5 rings (SSSR count). The molecule has 2 N–H and O–H groups in total. The second-order valence-electron chi connectivity index (χ2n) is 8.16. The van der Waals surface area contributed by atoms with Crippen LogP contribution in [-0.2, 0) is 4.79 Å². The summed E-state index contributed by atoms with van der Waals surface area (Å²) in [6.45, 7) is 1.10. The minimum atomic E-state index is -3.76. The van der Waals surface area contributed by atoms with Crippen molar-refractivity contribution in [2.75, 3.05) is 18.4 Å². The smallest absolute Gasteiger partial charge is 0.395 e. The molecule has 4 heterocycles. The molecule has 2 aliphatic heterocycles. The summed E-state index contributed by atoms with van der Waals surface area (Å²) in [7, 11) is 0. The monoisotopic (exact) mass is 515 g/mol. The van der Waals surface area contributed by atoms with Crippen LogP contribution < -0.4 is 26.0 Å². The summed E-state index contributed by atoms with van der Waals surface area (Å²) in [6, 6.07) is 1.11. The quantitative estimate of drug-likeness (QED) is 0.513. The average Bonchev–Trinajstić information content (AvgIpc) is 3.28. The van der Waals surface area contributed by atoms with Crippen molar-refractivity contribution >= 4 is 32.6 Å². The average molecular weight is 515 g/mol. The van der Waals surface area contributed by atoms with Crippen molar-refractivity contribution in [1.29, 1.82) is 0 Å². The number of anilines is 1. The molecule has 0 bridgehead atoms. The van der Waals surface area contributed by atoms with Crippen LogP contribution in [0.2, 0.25) is 0 Å². The lowest BCUT2D eigenvalue weighted by Gasteiger charge is -2.40. The fraction of sp³-hybridized carbons (Fsp3) is 0.400. The number of thiazole rings is 1. The van der Waals surface area contributed by atoms with Crippen molar-refractivity contribution in [1.82, 2.24) is 19.4 Å². The van der Waals surface area contributed by atoms with Crippen LogP contribution in [0.1, 0.15) is 19.4 Å². The fourth-order valence-electron chi connectivity index (χ4n) is 4.02. The van der Waals surface area contributed by atoms with Crippen molar-refractivity contribution in [2.24, 2.45) is 0 Å². The van der Waals surface area contributed by atoms with Crippen LogP contribution in [0.5, 0.6) is 11.5 Å². The van der Waals surface area contributed by atoms with Gasteiger partial charge in [0.25, 0.3) is 11.5 Å². The van der Waals surface area contributed by atoms with E-state index in [2.05, 4.69) is 19.8 Å². The molecule has 0 unspecified atom stereocenters. The topological polar surface area (TPSA) is 119 Å². The number of hydrogen-bond acceptors (Lipinski definition) is 8. The first kappa shape index (κ1) is 23.3. The van der Waals surface area contributed by atoms with E-state index in [1.165, 1.54) is 24.0 Å². The van der Waals surface area contributed by atoms with Crippen molar-refractivity contribution in [3.8, 4) is 11.5 Å². The summed E-state index contributed by atoms with van der Waals surface area (Å²) < 4.78 is 65.8. The van der Waals surface area contributed by atoms with Crippen LogP contribution in [0.25, 0.3) is 10.2 Å². The van der Waals surface area contributed by atoms with Crippen LogP contribution in [0, 0.1) is 0 Å². The summed E-state index contributed by atoms with van der Waals surface area (Å²) in [6.07, 6.45) is -3.35. The van der Waals surface area contributed by atoms with Gasteiger partial charge in [0.05, 0.1) is 16.3 Å². The molecule has 1 fully saturated rings. The second kappa shape index (κ2) is 8.05. The van der Waals surface area contributed by atoms with Crippen LogP contribution in [-0.4, -0.2) is 56.7 Å². The number of likely N-dealkylation sites (tertiary alicyclic amines) is 1. The Bertz CT molecular complexity index is 1390. The lowest BCUT2D eigenvalue weighted by Crippen LogP contribution is -2.55. The van der Waals surface area contributed by atoms with E-state index in [-0.39, 0.29) is 29.7 Å². The Labute approximate surface area is 197 Å². The highest BCUT2D eigenvalue weighted by molar-refractivity contribution is 7.22. The molecule has 0 spiro atoms. The number of amides is 1. The molecule has 35 heavy (non-hydrogen) atoms. The number of ether oxygens (including phenoxy) is 2. The number of benzene rings is 1. The minimum absolute atomic E-state index is 0.106. The maximum Gasteiger partial charge on any atom is 0.586 e. The predicted octanol–water partition coefficient (Wildman–Crippen LogP) is 2.38. The number of piperidine rings is 1. The van der Waals surface area contributed by atoms with Gasteiger partial charge in [-0.1, -0.05) is 11.3 Å². The first-order valence-corrected chi connectivity index (χ1v) is 11.2. The number of carbonyl (C=O) groups is 1. The SMILES string of the molecule is C[C@@H](C(=O)Nc1nc2cc3c(cc2s1)OC(F)(F)O3)N1CCC(F)(F)[C@@H](n2ccc(=O)[nH]c2=O)C1. The molecule has 3 aromatic rings. The lowest BCUT2D eigenvalue weighted by molar-refractivity contribution is -0.286. The van der Waals surface area contributed by atoms with E-state index in [0.717, 1.165) is 28.2 Å². The number of halogens is 4. The molecular formula is C20H17F4N5O5S. The summed E-state index contributed by atoms with van der Waals surface area (Å²) in [5, 5.41) is 2.78. The van der Waals surface area contributed by atoms with E-state index >= 15 is 0 Å². The highest BCUT2D eigenvalue weighted by Crippen LogP contribution is 2.44. The van der Waals surface area contributed by atoms with Gasteiger partial charge in [-0.25, -0.2) is 18.6 Å². The number of aromatic nitrogens is 3. The molecule has 0 saturated carbocycles. The van der Waals surface area contributed by atoms with Crippen LogP contribution in [0.3, 0.4) is 0 Å². The van der Waals surface area contributed by atoms with Gasteiger partial charge in [0.1, 0.15) is 6.04 Å². The number of alkyl halides is 4. The third-order valence-electron chi connectivity index (χ3n) is 5.88. The minimum Gasteiger partial charge on any atom is -0.395 e. The predicted molar refractivity (Wildman–Crippen MR) is 115 cm³/mol. The van der Waals surface area contributed by atoms with Gasteiger partial charge in [-0.2, -0.15) is 0 Å². The first-order chi connectivity index (χ1) is 16.4. The van der Waals surface area contributed by atoms with Gasteiger partial charge in [0.2, 0.25) is 5.91 Å². The molecule has 0 aliphatic carbocycles. The molecule has 1 aromatic carbocycles. The Morgan fingerprint density at radius 3 is 2.69 bits per heavy atom. The molecule has 2 aromatic heterocycles. The zero-order chi connectivity index (χ0) is 25.1. The summed E-state index contributed by atoms with van der Waals surface area (Å²) in [4.78, 5) is 43.9. The number of carbonyl (C=O) groups excluding carboxylic acids is 1. The van der Waals surface area contributed by atoms with Crippen molar-refractivity contribution in [2.45, 2.75) is 37.6 Å². The van der Waals surface area contributed by atoms with Gasteiger partial charge in [-0.3, -0.25) is 24.0 Å². The largest absolute Gasteiger partial charge is 0.586 e. The third-order valence-corrected chi connectivity index (χ3v) is 6.82. The number of rotatable bonds is 4. The Hall–Kier alpha value is -3.46. The van der Waals surface area contributed by atoms with Crippen molar-refractivity contribution < 1.29 is 31.8 Å². The highest BCUT2D eigenvalue weighted by Gasteiger charge is 2.47. The van der Waals surface area contributed by atoms with Gasteiger partial charge >= 0.3 is 12.0 Å². The molecule has 2 atom stereocenters. The number of fused-ring (bicyclic) bond motifs is 2. The van der Waals surface area contributed by atoms with Gasteiger partial charge < -0.3 is 14.8 Å².